The Balaban J connectivity index is 1.96. The molecule has 4 nitrogen and oxygen atoms in total. The largest absolute Gasteiger partial charge is 0.392 e. The first-order chi connectivity index (χ1) is 10.4. The lowest BCUT2D eigenvalue weighted by Crippen LogP contribution is -2.44. The fourth-order valence-corrected chi connectivity index (χ4v) is 2.91. The number of benzene rings is 1. The number of aliphatic hydroxyl groups is 1. The molecular weight excluding hydrogens is 283 g/mol. The minimum absolute atomic E-state index is 0.0304. The van der Waals surface area contributed by atoms with Gasteiger partial charge in [0.1, 0.15) is 5.82 Å². The van der Waals surface area contributed by atoms with Crippen LogP contribution in [0.2, 0.25) is 0 Å². The van der Waals surface area contributed by atoms with Gasteiger partial charge in [-0.1, -0.05) is 13.8 Å². The van der Waals surface area contributed by atoms with Crippen LogP contribution in [-0.4, -0.2) is 47.7 Å². The smallest absolute Gasteiger partial charge is 0.251 e. The summed E-state index contributed by atoms with van der Waals surface area (Å²) in [5.74, 6) is -0.0576. The first-order valence-electron chi connectivity index (χ1n) is 7.91. The first-order valence-corrected chi connectivity index (χ1v) is 7.91. The van der Waals surface area contributed by atoms with E-state index in [0.717, 1.165) is 25.9 Å². The van der Waals surface area contributed by atoms with Crippen LogP contribution in [0.15, 0.2) is 24.3 Å². The quantitative estimate of drug-likeness (QED) is 0.845. The summed E-state index contributed by atoms with van der Waals surface area (Å²) >= 11 is 0. The Morgan fingerprint density at radius 2 is 2.09 bits per heavy atom. The van der Waals surface area contributed by atoms with Crippen LogP contribution in [0.5, 0.6) is 0 Å². The SMILES string of the molecule is CC(C)C[C@@H](CN1CCC(O)C1)NC(=O)c1ccc(F)cc1. The summed E-state index contributed by atoms with van der Waals surface area (Å²) in [6.45, 7) is 6.51. The summed E-state index contributed by atoms with van der Waals surface area (Å²) in [7, 11) is 0. The molecule has 1 amide bonds. The molecule has 1 aromatic carbocycles. The van der Waals surface area contributed by atoms with Gasteiger partial charge in [-0.05, 0) is 43.0 Å². The van der Waals surface area contributed by atoms with Gasteiger partial charge in [0.15, 0.2) is 0 Å². The Morgan fingerprint density at radius 1 is 1.41 bits per heavy atom. The molecule has 0 saturated carbocycles. The Hall–Kier alpha value is -1.46. The van der Waals surface area contributed by atoms with Crippen molar-refractivity contribution in [2.75, 3.05) is 19.6 Å². The van der Waals surface area contributed by atoms with Crippen LogP contribution < -0.4 is 5.32 Å². The van der Waals surface area contributed by atoms with Crippen molar-refractivity contribution in [3.63, 3.8) is 0 Å². The number of aliphatic hydroxyl groups excluding tert-OH is 1. The number of β-amino-alcohol motifs (C(OH)–C–C–N with tert-alkyl or cyclic N) is 1. The van der Waals surface area contributed by atoms with Gasteiger partial charge in [-0.15, -0.1) is 0 Å². The van der Waals surface area contributed by atoms with E-state index in [1.807, 2.05) is 0 Å². The zero-order valence-corrected chi connectivity index (χ0v) is 13.3. The molecule has 22 heavy (non-hydrogen) atoms. The maximum Gasteiger partial charge on any atom is 0.251 e. The first kappa shape index (κ1) is 16.9. The highest BCUT2D eigenvalue weighted by atomic mass is 19.1. The maximum absolute atomic E-state index is 12.9. The van der Waals surface area contributed by atoms with Gasteiger partial charge in [0.2, 0.25) is 0 Å². The number of hydrogen-bond acceptors (Lipinski definition) is 3. The van der Waals surface area contributed by atoms with Gasteiger partial charge in [0, 0.05) is 31.2 Å². The van der Waals surface area contributed by atoms with Gasteiger partial charge < -0.3 is 10.4 Å². The molecule has 0 bridgehead atoms. The van der Waals surface area contributed by atoms with E-state index in [1.165, 1.54) is 24.3 Å². The average Bonchev–Trinajstić information content (AvgIpc) is 2.84. The fourth-order valence-electron chi connectivity index (χ4n) is 2.91. The van der Waals surface area contributed by atoms with E-state index < -0.39 is 0 Å². The van der Waals surface area contributed by atoms with Crippen LogP contribution in [0.1, 0.15) is 37.0 Å². The lowest BCUT2D eigenvalue weighted by Gasteiger charge is -2.26. The lowest BCUT2D eigenvalue weighted by atomic mass is 10.0. The molecule has 0 spiro atoms. The monoisotopic (exact) mass is 308 g/mol. The van der Waals surface area contributed by atoms with E-state index in [0.29, 0.717) is 18.0 Å². The summed E-state index contributed by atoms with van der Waals surface area (Å²) in [4.78, 5) is 14.5. The van der Waals surface area contributed by atoms with Crippen molar-refractivity contribution >= 4 is 5.91 Å². The highest BCUT2D eigenvalue weighted by Gasteiger charge is 2.24. The minimum Gasteiger partial charge on any atom is -0.392 e. The predicted molar refractivity (Wildman–Crippen MR) is 84.2 cm³/mol. The third-order valence-corrected chi connectivity index (χ3v) is 3.92. The van der Waals surface area contributed by atoms with Crippen molar-refractivity contribution in [1.82, 2.24) is 10.2 Å². The molecule has 2 N–H and O–H groups in total. The second kappa shape index (κ2) is 7.70. The molecule has 0 radical (unpaired) electrons. The number of halogens is 1. The molecule has 0 aromatic heterocycles. The zero-order chi connectivity index (χ0) is 16.1. The van der Waals surface area contributed by atoms with E-state index in [-0.39, 0.29) is 23.9 Å². The van der Waals surface area contributed by atoms with Gasteiger partial charge in [0.05, 0.1) is 6.10 Å². The Bertz CT molecular complexity index is 490. The van der Waals surface area contributed by atoms with Crippen molar-refractivity contribution in [1.29, 1.82) is 0 Å². The van der Waals surface area contributed by atoms with Crippen molar-refractivity contribution in [2.24, 2.45) is 5.92 Å². The standard InChI is InChI=1S/C17H25FN2O2/c1-12(2)9-15(10-20-8-7-16(21)11-20)19-17(22)13-3-5-14(18)6-4-13/h3-6,12,15-16,21H,7-11H2,1-2H3,(H,19,22)/t15-,16?/m0/s1. The molecule has 1 saturated heterocycles. The zero-order valence-electron chi connectivity index (χ0n) is 13.3. The third kappa shape index (κ3) is 5.07. The molecule has 1 fully saturated rings. The van der Waals surface area contributed by atoms with Crippen LogP contribution in [0.4, 0.5) is 4.39 Å². The molecule has 0 aliphatic carbocycles. The normalized spacial score (nSPS) is 20.3. The van der Waals surface area contributed by atoms with E-state index in [4.69, 9.17) is 0 Å². The number of hydrogen-bond donors (Lipinski definition) is 2. The Labute approximate surface area is 131 Å². The highest BCUT2D eigenvalue weighted by Crippen LogP contribution is 2.13. The number of carbonyl (C=O) groups excluding carboxylic acids is 1. The molecule has 1 heterocycles. The van der Waals surface area contributed by atoms with Crippen molar-refractivity contribution in [2.45, 2.75) is 38.8 Å². The van der Waals surface area contributed by atoms with Gasteiger partial charge in [-0.2, -0.15) is 0 Å². The second-order valence-electron chi connectivity index (χ2n) is 6.51. The number of carbonyl (C=O) groups is 1. The summed E-state index contributed by atoms with van der Waals surface area (Å²) in [6, 6.07) is 5.61. The number of likely N-dealkylation sites (tertiary alicyclic amines) is 1. The molecule has 1 unspecified atom stereocenters. The topological polar surface area (TPSA) is 52.6 Å². The predicted octanol–water partition coefficient (Wildman–Crippen LogP) is 2.04. The lowest BCUT2D eigenvalue weighted by molar-refractivity contribution is 0.0919. The van der Waals surface area contributed by atoms with Crippen LogP contribution in [0, 0.1) is 11.7 Å². The van der Waals surface area contributed by atoms with Gasteiger partial charge in [-0.3, -0.25) is 9.69 Å². The van der Waals surface area contributed by atoms with Crippen molar-refractivity contribution < 1.29 is 14.3 Å². The molecule has 122 valence electrons. The Kier molecular flexibility index (Phi) is 5.91. The molecule has 5 heteroatoms. The summed E-state index contributed by atoms with van der Waals surface area (Å²) in [5, 5.41) is 12.7. The van der Waals surface area contributed by atoms with Crippen molar-refractivity contribution in [3.8, 4) is 0 Å². The second-order valence-corrected chi connectivity index (χ2v) is 6.51. The van der Waals surface area contributed by atoms with E-state index >= 15 is 0 Å². The van der Waals surface area contributed by atoms with Crippen LogP contribution in [0.3, 0.4) is 0 Å². The van der Waals surface area contributed by atoms with Crippen LogP contribution in [-0.2, 0) is 0 Å². The molecule has 2 rings (SSSR count). The van der Waals surface area contributed by atoms with Gasteiger partial charge >= 0.3 is 0 Å². The maximum atomic E-state index is 12.9. The summed E-state index contributed by atoms with van der Waals surface area (Å²) in [6.07, 6.45) is 1.41. The summed E-state index contributed by atoms with van der Waals surface area (Å²) in [5.41, 5.74) is 0.469. The van der Waals surface area contributed by atoms with E-state index in [2.05, 4.69) is 24.1 Å². The van der Waals surface area contributed by atoms with Crippen molar-refractivity contribution in [3.05, 3.63) is 35.6 Å². The molecule has 1 aliphatic heterocycles. The number of rotatable bonds is 6. The molecule has 1 aromatic rings. The fraction of sp³-hybridized carbons (Fsp3) is 0.588. The third-order valence-electron chi connectivity index (χ3n) is 3.92. The minimum atomic E-state index is -0.346. The number of nitrogens with zero attached hydrogens (tertiary/aromatic N) is 1. The summed E-state index contributed by atoms with van der Waals surface area (Å²) < 4.78 is 12.9. The van der Waals surface area contributed by atoms with E-state index in [1.54, 1.807) is 0 Å². The van der Waals surface area contributed by atoms with Crippen LogP contribution in [0.25, 0.3) is 0 Å². The van der Waals surface area contributed by atoms with Gasteiger partial charge in [-0.25, -0.2) is 4.39 Å². The number of nitrogens with one attached hydrogen (secondary N) is 1. The van der Waals surface area contributed by atoms with E-state index in [9.17, 15) is 14.3 Å². The van der Waals surface area contributed by atoms with Gasteiger partial charge in [0.25, 0.3) is 5.91 Å². The number of amides is 1. The average molecular weight is 308 g/mol. The highest BCUT2D eigenvalue weighted by molar-refractivity contribution is 5.94. The molecular formula is C17H25FN2O2. The Morgan fingerprint density at radius 3 is 2.64 bits per heavy atom. The molecule has 1 aliphatic rings. The molecule has 2 atom stereocenters. The van der Waals surface area contributed by atoms with Crippen LogP contribution >= 0.6 is 0 Å².